The van der Waals surface area contributed by atoms with Crippen molar-refractivity contribution in [3.63, 3.8) is 0 Å². The molecule has 0 fully saturated rings. The van der Waals surface area contributed by atoms with Gasteiger partial charge >= 0.3 is 0 Å². The Labute approximate surface area is 91.8 Å². The molecule has 0 aliphatic carbocycles. The van der Waals surface area contributed by atoms with Crippen LogP contribution in [-0.4, -0.2) is 15.8 Å². The van der Waals surface area contributed by atoms with Gasteiger partial charge in [0.25, 0.3) is 0 Å². The van der Waals surface area contributed by atoms with Crippen molar-refractivity contribution in [2.45, 2.75) is 52.1 Å². The zero-order chi connectivity index (χ0) is 11.3. The number of nitrogens with two attached hydrogens (primary N) is 1. The van der Waals surface area contributed by atoms with E-state index < -0.39 is 0 Å². The van der Waals surface area contributed by atoms with E-state index in [9.17, 15) is 0 Å². The monoisotopic (exact) mass is 210 g/mol. The maximum atomic E-state index is 5.44. The van der Waals surface area contributed by atoms with Crippen LogP contribution in [0.25, 0.3) is 0 Å². The van der Waals surface area contributed by atoms with E-state index in [1.165, 1.54) is 0 Å². The van der Waals surface area contributed by atoms with Crippen LogP contribution in [0.5, 0.6) is 0 Å². The van der Waals surface area contributed by atoms with E-state index in [0.717, 1.165) is 25.0 Å². The van der Waals surface area contributed by atoms with Gasteiger partial charge in [0, 0.05) is 24.7 Å². The SMILES string of the molecule is CCC(Cc1ccn(C(C)CC)n1)NN. The Morgan fingerprint density at radius 1 is 1.47 bits per heavy atom. The zero-order valence-corrected chi connectivity index (χ0v) is 9.90. The Kier molecular flexibility index (Phi) is 4.78. The van der Waals surface area contributed by atoms with Crippen LogP contribution in [0.2, 0.25) is 0 Å². The van der Waals surface area contributed by atoms with Crippen molar-refractivity contribution in [1.29, 1.82) is 0 Å². The van der Waals surface area contributed by atoms with Crippen molar-refractivity contribution < 1.29 is 0 Å². The van der Waals surface area contributed by atoms with E-state index in [0.29, 0.717) is 12.1 Å². The highest BCUT2D eigenvalue weighted by molar-refractivity contribution is 5.01. The Balaban J connectivity index is 2.59. The largest absolute Gasteiger partial charge is 0.271 e. The topological polar surface area (TPSA) is 55.9 Å². The second-order valence-electron chi connectivity index (χ2n) is 4.02. The van der Waals surface area contributed by atoms with Gasteiger partial charge in [-0.05, 0) is 25.8 Å². The average Bonchev–Trinajstić information content (AvgIpc) is 2.73. The Hall–Kier alpha value is -0.870. The lowest BCUT2D eigenvalue weighted by atomic mass is 10.1. The van der Waals surface area contributed by atoms with Crippen LogP contribution >= 0.6 is 0 Å². The molecule has 1 aromatic rings. The summed E-state index contributed by atoms with van der Waals surface area (Å²) in [5, 5.41) is 4.54. The minimum Gasteiger partial charge on any atom is -0.271 e. The fourth-order valence-electron chi connectivity index (χ4n) is 1.49. The average molecular weight is 210 g/mol. The first-order valence-electron chi connectivity index (χ1n) is 5.71. The third kappa shape index (κ3) is 3.32. The summed E-state index contributed by atoms with van der Waals surface area (Å²) < 4.78 is 2.03. The summed E-state index contributed by atoms with van der Waals surface area (Å²) in [5.74, 6) is 5.44. The maximum absolute atomic E-state index is 5.44. The summed E-state index contributed by atoms with van der Waals surface area (Å²) in [6.07, 6.45) is 5.07. The van der Waals surface area contributed by atoms with E-state index in [1.54, 1.807) is 0 Å². The van der Waals surface area contributed by atoms with Crippen LogP contribution < -0.4 is 11.3 Å². The molecule has 0 saturated heterocycles. The first-order valence-corrected chi connectivity index (χ1v) is 5.71. The molecule has 0 amide bonds. The lowest BCUT2D eigenvalue weighted by Gasteiger charge is -2.12. The maximum Gasteiger partial charge on any atom is 0.0640 e. The highest BCUT2D eigenvalue weighted by atomic mass is 15.3. The molecular formula is C11H22N4. The molecule has 15 heavy (non-hydrogen) atoms. The molecule has 4 heteroatoms. The minimum absolute atomic E-state index is 0.324. The second kappa shape index (κ2) is 5.88. The Morgan fingerprint density at radius 2 is 2.20 bits per heavy atom. The first-order chi connectivity index (χ1) is 7.21. The number of hydrogen-bond donors (Lipinski definition) is 2. The molecule has 4 nitrogen and oxygen atoms in total. The van der Waals surface area contributed by atoms with Gasteiger partial charge in [-0.25, -0.2) is 0 Å². The summed E-state index contributed by atoms with van der Waals surface area (Å²) in [6.45, 7) is 6.47. The van der Waals surface area contributed by atoms with Crippen LogP contribution in [0.15, 0.2) is 12.3 Å². The highest BCUT2D eigenvalue weighted by Crippen LogP contribution is 2.10. The molecule has 2 unspecified atom stereocenters. The number of rotatable bonds is 6. The van der Waals surface area contributed by atoms with E-state index in [2.05, 4.69) is 37.4 Å². The van der Waals surface area contributed by atoms with Gasteiger partial charge in [-0.2, -0.15) is 5.10 Å². The van der Waals surface area contributed by atoms with Crippen molar-refractivity contribution in [2.75, 3.05) is 0 Å². The molecule has 0 saturated carbocycles. The first kappa shape index (κ1) is 12.2. The fourth-order valence-corrected chi connectivity index (χ4v) is 1.49. The van der Waals surface area contributed by atoms with Gasteiger partial charge in [-0.1, -0.05) is 13.8 Å². The van der Waals surface area contributed by atoms with E-state index in [4.69, 9.17) is 5.84 Å². The molecule has 0 radical (unpaired) electrons. The van der Waals surface area contributed by atoms with E-state index in [-0.39, 0.29) is 0 Å². The second-order valence-corrected chi connectivity index (χ2v) is 4.02. The molecular weight excluding hydrogens is 188 g/mol. The van der Waals surface area contributed by atoms with Crippen LogP contribution in [0.4, 0.5) is 0 Å². The predicted molar refractivity (Wildman–Crippen MR) is 62.3 cm³/mol. The quantitative estimate of drug-likeness (QED) is 0.554. The van der Waals surface area contributed by atoms with Crippen LogP contribution in [0.1, 0.15) is 45.3 Å². The summed E-state index contributed by atoms with van der Waals surface area (Å²) in [5.41, 5.74) is 3.91. The minimum atomic E-state index is 0.324. The standard InChI is InChI=1S/C11H22N4/c1-4-9(3)15-7-6-11(14-15)8-10(5-2)13-12/h6-7,9-10,13H,4-5,8,12H2,1-3H3. The summed E-state index contributed by atoms with van der Waals surface area (Å²) in [7, 11) is 0. The third-order valence-corrected chi connectivity index (χ3v) is 2.89. The zero-order valence-electron chi connectivity index (χ0n) is 9.90. The molecule has 0 bridgehead atoms. The molecule has 1 heterocycles. The highest BCUT2D eigenvalue weighted by Gasteiger charge is 2.09. The van der Waals surface area contributed by atoms with Crippen molar-refractivity contribution in [2.24, 2.45) is 5.84 Å². The molecule has 86 valence electrons. The lowest BCUT2D eigenvalue weighted by molar-refractivity contribution is 0.462. The van der Waals surface area contributed by atoms with Crippen LogP contribution in [0, 0.1) is 0 Å². The molecule has 1 rings (SSSR count). The van der Waals surface area contributed by atoms with E-state index >= 15 is 0 Å². The number of hydrogen-bond acceptors (Lipinski definition) is 3. The Morgan fingerprint density at radius 3 is 2.73 bits per heavy atom. The number of nitrogens with one attached hydrogen (secondary N) is 1. The molecule has 2 atom stereocenters. The fraction of sp³-hybridized carbons (Fsp3) is 0.727. The van der Waals surface area contributed by atoms with Crippen molar-refractivity contribution in [3.8, 4) is 0 Å². The number of nitrogens with zero attached hydrogens (tertiary/aromatic N) is 2. The normalized spacial score (nSPS) is 15.2. The predicted octanol–water partition coefficient (Wildman–Crippen LogP) is 1.64. The van der Waals surface area contributed by atoms with Crippen molar-refractivity contribution >= 4 is 0 Å². The van der Waals surface area contributed by atoms with Gasteiger partial charge in [0.1, 0.15) is 0 Å². The van der Waals surface area contributed by atoms with Crippen molar-refractivity contribution in [3.05, 3.63) is 18.0 Å². The summed E-state index contributed by atoms with van der Waals surface area (Å²) in [4.78, 5) is 0. The smallest absolute Gasteiger partial charge is 0.0640 e. The molecule has 1 aromatic heterocycles. The van der Waals surface area contributed by atoms with Crippen LogP contribution in [0.3, 0.4) is 0 Å². The lowest BCUT2D eigenvalue weighted by Crippen LogP contribution is -2.36. The van der Waals surface area contributed by atoms with Gasteiger partial charge in [0.05, 0.1) is 5.69 Å². The molecule has 0 aromatic carbocycles. The van der Waals surface area contributed by atoms with Crippen molar-refractivity contribution in [1.82, 2.24) is 15.2 Å². The summed E-state index contributed by atoms with van der Waals surface area (Å²) in [6, 6.07) is 2.88. The van der Waals surface area contributed by atoms with Gasteiger partial charge in [-0.15, -0.1) is 0 Å². The molecule has 0 aliphatic heterocycles. The molecule has 0 aliphatic rings. The van der Waals surface area contributed by atoms with Gasteiger partial charge in [-0.3, -0.25) is 16.0 Å². The third-order valence-electron chi connectivity index (χ3n) is 2.89. The van der Waals surface area contributed by atoms with Crippen LogP contribution in [-0.2, 0) is 6.42 Å². The van der Waals surface area contributed by atoms with Gasteiger partial charge < -0.3 is 0 Å². The number of aromatic nitrogens is 2. The summed E-state index contributed by atoms with van der Waals surface area (Å²) >= 11 is 0. The van der Waals surface area contributed by atoms with Gasteiger partial charge in [0.2, 0.25) is 0 Å². The number of hydrazine groups is 1. The van der Waals surface area contributed by atoms with Gasteiger partial charge in [0.15, 0.2) is 0 Å². The Bertz CT molecular complexity index is 278. The van der Waals surface area contributed by atoms with E-state index in [1.807, 2.05) is 10.9 Å². The molecule has 3 N–H and O–H groups in total. The molecule has 0 spiro atoms.